The molecule has 0 unspecified atom stereocenters. The average molecular weight is 345 g/mol. The van der Waals surface area contributed by atoms with Crippen molar-refractivity contribution >= 4 is 23.2 Å². The lowest BCUT2D eigenvalue weighted by atomic mass is 10.1. The second kappa shape index (κ2) is 8.10. The van der Waals surface area contributed by atoms with E-state index < -0.39 is 0 Å². The van der Waals surface area contributed by atoms with Crippen LogP contribution >= 0.6 is 11.3 Å². The molecule has 1 aliphatic rings. The van der Waals surface area contributed by atoms with Crippen molar-refractivity contribution in [3.8, 4) is 0 Å². The Labute approximate surface area is 146 Å². The third kappa shape index (κ3) is 4.23. The van der Waals surface area contributed by atoms with Crippen LogP contribution in [0.3, 0.4) is 0 Å². The SMILES string of the molecule is CC[C@H](NC(=O)N1CCC(Nc2cccnn2)CC1)c1cccs1. The van der Waals surface area contributed by atoms with Gasteiger partial charge in [-0.25, -0.2) is 4.79 Å². The molecule has 2 N–H and O–H groups in total. The van der Waals surface area contributed by atoms with Crippen molar-refractivity contribution in [1.82, 2.24) is 20.4 Å². The van der Waals surface area contributed by atoms with Crippen LogP contribution in [-0.2, 0) is 0 Å². The number of rotatable bonds is 5. The zero-order chi connectivity index (χ0) is 16.8. The van der Waals surface area contributed by atoms with Crippen LogP contribution in [0, 0.1) is 0 Å². The van der Waals surface area contributed by atoms with E-state index in [1.807, 2.05) is 28.5 Å². The van der Waals surface area contributed by atoms with Crippen molar-refractivity contribution in [2.24, 2.45) is 0 Å². The van der Waals surface area contributed by atoms with Crippen molar-refractivity contribution in [2.45, 2.75) is 38.3 Å². The minimum Gasteiger partial charge on any atom is -0.366 e. The van der Waals surface area contributed by atoms with Gasteiger partial charge in [0.1, 0.15) is 5.82 Å². The van der Waals surface area contributed by atoms with Crippen molar-refractivity contribution in [3.05, 3.63) is 40.7 Å². The summed E-state index contributed by atoms with van der Waals surface area (Å²) in [6, 6.07) is 8.37. The molecule has 1 saturated heterocycles. The number of carbonyl (C=O) groups is 1. The predicted molar refractivity (Wildman–Crippen MR) is 96.1 cm³/mol. The number of likely N-dealkylation sites (tertiary alicyclic amines) is 1. The Hall–Kier alpha value is -2.15. The van der Waals surface area contributed by atoms with Gasteiger partial charge in [-0.2, -0.15) is 5.10 Å². The van der Waals surface area contributed by atoms with Crippen LogP contribution in [0.5, 0.6) is 0 Å². The van der Waals surface area contributed by atoms with Crippen molar-refractivity contribution in [2.75, 3.05) is 18.4 Å². The number of aromatic nitrogens is 2. The highest BCUT2D eigenvalue weighted by Crippen LogP contribution is 2.22. The summed E-state index contributed by atoms with van der Waals surface area (Å²) in [5, 5.41) is 16.5. The number of nitrogens with zero attached hydrogens (tertiary/aromatic N) is 3. The zero-order valence-electron chi connectivity index (χ0n) is 13.8. The maximum atomic E-state index is 12.5. The van der Waals surface area contributed by atoms with Gasteiger partial charge in [0, 0.05) is 30.2 Å². The van der Waals surface area contributed by atoms with Gasteiger partial charge in [-0.05, 0) is 42.8 Å². The first kappa shape index (κ1) is 16.7. The van der Waals surface area contributed by atoms with Crippen LogP contribution in [0.2, 0.25) is 0 Å². The van der Waals surface area contributed by atoms with Crippen LogP contribution in [0.1, 0.15) is 37.1 Å². The summed E-state index contributed by atoms with van der Waals surface area (Å²) in [7, 11) is 0. The number of thiophene rings is 1. The summed E-state index contributed by atoms with van der Waals surface area (Å²) in [6.45, 7) is 3.61. The van der Waals surface area contributed by atoms with Crippen LogP contribution in [-0.4, -0.2) is 40.3 Å². The van der Waals surface area contributed by atoms with E-state index >= 15 is 0 Å². The summed E-state index contributed by atoms with van der Waals surface area (Å²) in [5.74, 6) is 0.796. The molecule has 7 heteroatoms. The molecule has 128 valence electrons. The third-order valence-electron chi connectivity index (χ3n) is 4.30. The van der Waals surface area contributed by atoms with Gasteiger partial charge in [-0.1, -0.05) is 13.0 Å². The fourth-order valence-corrected chi connectivity index (χ4v) is 3.78. The predicted octanol–water partition coefficient (Wildman–Crippen LogP) is 3.28. The van der Waals surface area contributed by atoms with E-state index in [-0.39, 0.29) is 12.1 Å². The molecule has 0 radical (unpaired) electrons. The molecule has 2 amide bonds. The number of urea groups is 1. The largest absolute Gasteiger partial charge is 0.366 e. The molecule has 24 heavy (non-hydrogen) atoms. The Morgan fingerprint density at radius 2 is 2.21 bits per heavy atom. The van der Waals surface area contributed by atoms with E-state index in [0.29, 0.717) is 6.04 Å². The van der Waals surface area contributed by atoms with Crippen LogP contribution in [0.25, 0.3) is 0 Å². The van der Waals surface area contributed by atoms with E-state index in [4.69, 9.17) is 0 Å². The molecule has 1 atom stereocenters. The normalized spacial score (nSPS) is 16.6. The lowest BCUT2D eigenvalue weighted by Gasteiger charge is -2.33. The average Bonchev–Trinajstić information content (AvgIpc) is 3.15. The number of anilines is 1. The number of nitrogens with one attached hydrogen (secondary N) is 2. The molecule has 0 saturated carbocycles. The first-order valence-corrected chi connectivity index (χ1v) is 9.27. The Bertz CT molecular complexity index is 626. The van der Waals surface area contributed by atoms with Crippen molar-refractivity contribution < 1.29 is 4.79 Å². The summed E-state index contributed by atoms with van der Waals surface area (Å²) < 4.78 is 0. The molecule has 3 heterocycles. The molecule has 0 spiro atoms. The van der Waals surface area contributed by atoms with Crippen LogP contribution < -0.4 is 10.6 Å². The van der Waals surface area contributed by atoms with Gasteiger partial charge in [0.15, 0.2) is 0 Å². The topological polar surface area (TPSA) is 70.2 Å². The monoisotopic (exact) mass is 345 g/mol. The standard InChI is InChI=1S/C17H23N5OS/c1-2-14(15-5-4-12-24-15)20-17(23)22-10-7-13(8-11-22)19-16-6-3-9-18-21-16/h3-6,9,12-14H,2,7-8,10-11H2,1H3,(H,19,21)(H,20,23)/t14-/m0/s1. The molecule has 0 aliphatic carbocycles. The summed E-state index contributed by atoms with van der Waals surface area (Å²) in [6.07, 6.45) is 4.40. The summed E-state index contributed by atoms with van der Waals surface area (Å²) in [5.41, 5.74) is 0. The highest BCUT2D eigenvalue weighted by Gasteiger charge is 2.24. The number of carbonyl (C=O) groups excluding carboxylic acids is 1. The molecule has 1 aliphatic heterocycles. The number of hydrogen-bond acceptors (Lipinski definition) is 5. The molecular formula is C17H23N5OS. The molecule has 6 nitrogen and oxygen atoms in total. The lowest BCUT2D eigenvalue weighted by Crippen LogP contribution is -2.47. The van der Waals surface area contributed by atoms with Gasteiger partial charge >= 0.3 is 6.03 Å². The van der Waals surface area contributed by atoms with Crippen LogP contribution in [0.4, 0.5) is 10.6 Å². The molecule has 2 aromatic heterocycles. The van der Waals surface area contributed by atoms with Gasteiger partial charge in [0.05, 0.1) is 6.04 Å². The second-order valence-corrected chi connectivity index (χ2v) is 6.92. The van der Waals surface area contributed by atoms with E-state index in [1.165, 1.54) is 4.88 Å². The number of amides is 2. The lowest BCUT2D eigenvalue weighted by molar-refractivity contribution is 0.179. The summed E-state index contributed by atoms with van der Waals surface area (Å²) >= 11 is 1.69. The smallest absolute Gasteiger partial charge is 0.317 e. The number of piperidine rings is 1. The third-order valence-corrected chi connectivity index (χ3v) is 5.29. The van der Waals surface area contributed by atoms with Gasteiger partial charge in [0.25, 0.3) is 0 Å². The summed E-state index contributed by atoms with van der Waals surface area (Å²) in [4.78, 5) is 15.6. The molecule has 0 aromatic carbocycles. The van der Waals surface area contributed by atoms with Gasteiger partial charge in [-0.15, -0.1) is 16.4 Å². The molecule has 0 bridgehead atoms. The number of hydrogen-bond donors (Lipinski definition) is 2. The molecular weight excluding hydrogens is 322 g/mol. The van der Waals surface area contributed by atoms with Crippen LogP contribution in [0.15, 0.2) is 35.8 Å². The Balaban J connectivity index is 1.48. The van der Waals surface area contributed by atoms with Gasteiger partial charge < -0.3 is 15.5 Å². The zero-order valence-corrected chi connectivity index (χ0v) is 14.6. The van der Waals surface area contributed by atoms with Gasteiger partial charge in [0.2, 0.25) is 0 Å². The Morgan fingerprint density at radius 1 is 1.38 bits per heavy atom. The Kier molecular flexibility index (Phi) is 5.63. The first-order chi connectivity index (χ1) is 11.8. The quantitative estimate of drug-likeness (QED) is 0.872. The van der Waals surface area contributed by atoms with E-state index in [1.54, 1.807) is 17.5 Å². The minimum absolute atomic E-state index is 0.0354. The fraction of sp³-hybridized carbons (Fsp3) is 0.471. The highest BCUT2D eigenvalue weighted by atomic mass is 32.1. The van der Waals surface area contributed by atoms with E-state index in [0.717, 1.165) is 38.2 Å². The maximum absolute atomic E-state index is 12.5. The minimum atomic E-state index is 0.0354. The van der Waals surface area contributed by atoms with Gasteiger partial charge in [-0.3, -0.25) is 0 Å². The van der Waals surface area contributed by atoms with E-state index in [2.05, 4.69) is 33.8 Å². The highest BCUT2D eigenvalue weighted by molar-refractivity contribution is 7.10. The maximum Gasteiger partial charge on any atom is 0.317 e. The van der Waals surface area contributed by atoms with E-state index in [9.17, 15) is 4.79 Å². The fourth-order valence-electron chi connectivity index (χ4n) is 2.92. The Morgan fingerprint density at radius 3 is 2.83 bits per heavy atom. The second-order valence-electron chi connectivity index (χ2n) is 5.94. The molecule has 1 fully saturated rings. The molecule has 2 aromatic rings. The molecule has 3 rings (SSSR count). The first-order valence-electron chi connectivity index (χ1n) is 8.39. The van der Waals surface area contributed by atoms with Crippen molar-refractivity contribution in [1.29, 1.82) is 0 Å². The van der Waals surface area contributed by atoms with Crippen molar-refractivity contribution in [3.63, 3.8) is 0 Å².